The van der Waals surface area contributed by atoms with Crippen LogP contribution in [0, 0.1) is 11.2 Å². The number of carbonyl (C=O) groups excluding carboxylic acids is 1. The molecular weight excluding hydrogens is 718 g/mol. The van der Waals surface area contributed by atoms with Crippen LogP contribution in [-0.2, 0) is 23.3 Å². The van der Waals surface area contributed by atoms with Crippen LogP contribution < -0.4 is 4.74 Å². The number of allylic oxidation sites excluding steroid dienone is 1. The molecule has 0 saturated carbocycles. The Morgan fingerprint density at radius 3 is 2.10 bits per heavy atom. The van der Waals surface area contributed by atoms with E-state index in [4.69, 9.17) is 14.6 Å². The van der Waals surface area contributed by atoms with Crippen LogP contribution in [0.15, 0.2) is 48.2 Å². The highest BCUT2D eigenvalue weighted by Gasteiger charge is 2.45. The Hall–Kier alpha value is -4.83. The summed E-state index contributed by atoms with van der Waals surface area (Å²) in [7, 11) is 1.13. The number of aromatic nitrogens is 1. The quantitative estimate of drug-likeness (QED) is 0.242. The molecular formula is C35H30F10N2O5. The number of ether oxygens (including phenoxy) is 2. The summed E-state index contributed by atoms with van der Waals surface area (Å²) in [6.07, 6.45) is -16.1. The van der Waals surface area contributed by atoms with Crippen molar-refractivity contribution < 1.29 is 68.1 Å². The van der Waals surface area contributed by atoms with Crippen LogP contribution in [-0.4, -0.2) is 46.7 Å². The third-order valence-corrected chi connectivity index (χ3v) is 9.19. The summed E-state index contributed by atoms with van der Waals surface area (Å²) in [6, 6.07) is 2.24. The standard InChI is InChI=1S/C35H30F10N2O5/c1-16-29(17-7-20(33(37,38)39)10-21(8-17)34(40,41)42)52-31(50)47(16)15-19-13-32(2,3)6-5-22(19)24-11-23(25(35(43,44)45)12-27(24)51-4)18-9-26(36)28(30(48)49)46-14-18/h7-12,14,16,29H,5-6,13,15H2,1-4H3,(H,48,49)/t16-,29-/m0/s1. The molecule has 1 saturated heterocycles. The molecule has 1 aliphatic carbocycles. The molecule has 0 bridgehead atoms. The van der Waals surface area contributed by atoms with Gasteiger partial charge in [-0.25, -0.2) is 19.0 Å². The van der Waals surface area contributed by atoms with Gasteiger partial charge in [0.1, 0.15) is 11.9 Å². The van der Waals surface area contributed by atoms with Crippen LogP contribution >= 0.6 is 0 Å². The number of amides is 1. The van der Waals surface area contributed by atoms with E-state index in [0.717, 1.165) is 24.3 Å². The van der Waals surface area contributed by atoms with Crippen molar-refractivity contribution in [1.29, 1.82) is 0 Å². The third kappa shape index (κ3) is 7.67. The zero-order chi connectivity index (χ0) is 38.7. The second-order valence-corrected chi connectivity index (χ2v) is 13.4. The highest BCUT2D eigenvalue weighted by Crippen LogP contribution is 2.49. The number of carbonyl (C=O) groups is 2. The molecule has 2 heterocycles. The third-order valence-electron chi connectivity index (χ3n) is 9.19. The van der Waals surface area contributed by atoms with E-state index >= 15 is 0 Å². The van der Waals surface area contributed by atoms with Gasteiger partial charge >= 0.3 is 30.6 Å². The number of carboxylic acid groups (broad SMARTS) is 1. The number of methoxy groups -OCH3 is 1. The van der Waals surface area contributed by atoms with E-state index in [1.807, 2.05) is 13.8 Å². The number of aromatic carboxylic acids is 1. The lowest BCUT2D eigenvalue weighted by Gasteiger charge is -2.36. The van der Waals surface area contributed by atoms with Crippen molar-refractivity contribution in [3.05, 3.63) is 87.5 Å². The summed E-state index contributed by atoms with van der Waals surface area (Å²) in [6.45, 7) is 4.92. The number of nitrogens with zero attached hydrogens (tertiary/aromatic N) is 2. The number of cyclic esters (lactones) is 1. The first-order valence-electron chi connectivity index (χ1n) is 15.6. The molecule has 2 aromatic carbocycles. The van der Waals surface area contributed by atoms with Crippen molar-refractivity contribution in [2.75, 3.05) is 13.7 Å². The number of rotatable bonds is 7. The molecule has 17 heteroatoms. The lowest BCUT2D eigenvalue weighted by molar-refractivity contribution is -0.143. The average Bonchev–Trinajstić information content (AvgIpc) is 3.30. The van der Waals surface area contributed by atoms with Gasteiger partial charge in [-0.2, -0.15) is 39.5 Å². The second-order valence-electron chi connectivity index (χ2n) is 13.4. The fraction of sp³-hybridized carbons (Fsp3) is 0.400. The minimum Gasteiger partial charge on any atom is -0.496 e. The molecule has 1 aliphatic heterocycles. The van der Waals surface area contributed by atoms with E-state index in [2.05, 4.69) is 4.98 Å². The van der Waals surface area contributed by atoms with Crippen molar-refractivity contribution in [2.24, 2.45) is 5.41 Å². The lowest BCUT2D eigenvalue weighted by Crippen LogP contribution is -2.35. The van der Waals surface area contributed by atoms with Gasteiger partial charge in [0.05, 0.1) is 29.8 Å². The Kier molecular flexibility index (Phi) is 9.82. The van der Waals surface area contributed by atoms with Gasteiger partial charge in [-0.15, -0.1) is 0 Å². The van der Waals surface area contributed by atoms with E-state index in [1.165, 1.54) is 6.92 Å². The lowest BCUT2D eigenvalue weighted by atomic mass is 9.72. The first-order chi connectivity index (χ1) is 23.9. The van der Waals surface area contributed by atoms with Crippen molar-refractivity contribution in [3.8, 4) is 16.9 Å². The molecule has 3 aromatic rings. The monoisotopic (exact) mass is 748 g/mol. The van der Waals surface area contributed by atoms with Gasteiger partial charge in [0.2, 0.25) is 0 Å². The number of carboxylic acids is 1. The molecule has 0 unspecified atom stereocenters. The maximum absolute atomic E-state index is 14.7. The average molecular weight is 749 g/mol. The van der Waals surface area contributed by atoms with E-state index < -0.39 is 93.0 Å². The molecule has 2 atom stereocenters. The molecule has 5 rings (SSSR count). The van der Waals surface area contributed by atoms with Crippen LogP contribution in [0.1, 0.15) is 84.4 Å². The number of alkyl halides is 9. The number of hydrogen-bond acceptors (Lipinski definition) is 5. The van der Waals surface area contributed by atoms with Gasteiger partial charge in [-0.3, -0.25) is 4.90 Å². The van der Waals surface area contributed by atoms with Crippen molar-refractivity contribution in [1.82, 2.24) is 9.88 Å². The molecule has 2 aliphatic rings. The summed E-state index contributed by atoms with van der Waals surface area (Å²) in [5.41, 5.74) is -6.26. The maximum Gasteiger partial charge on any atom is 0.417 e. The van der Waals surface area contributed by atoms with Gasteiger partial charge in [0.25, 0.3) is 0 Å². The fourth-order valence-electron chi connectivity index (χ4n) is 6.60. The van der Waals surface area contributed by atoms with Crippen molar-refractivity contribution >= 4 is 17.6 Å². The molecule has 1 N–H and O–H groups in total. The van der Waals surface area contributed by atoms with Crippen LogP contribution in [0.4, 0.5) is 48.7 Å². The van der Waals surface area contributed by atoms with Gasteiger partial charge in [0, 0.05) is 23.9 Å². The Morgan fingerprint density at radius 1 is 0.962 bits per heavy atom. The number of pyridine rings is 1. The first-order valence-corrected chi connectivity index (χ1v) is 15.6. The van der Waals surface area contributed by atoms with Crippen LogP contribution in [0.5, 0.6) is 5.75 Å². The molecule has 52 heavy (non-hydrogen) atoms. The van der Waals surface area contributed by atoms with Gasteiger partial charge in [-0.05, 0) is 90.3 Å². The van der Waals surface area contributed by atoms with Gasteiger partial charge < -0.3 is 14.6 Å². The molecule has 0 spiro atoms. The summed E-state index contributed by atoms with van der Waals surface area (Å²) < 4.78 is 150. The molecule has 1 fully saturated rings. The Morgan fingerprint density at radius 2 is 1.58 bits per heavy atom. The summed E-state index contributed by atoms with van der Waals surface area (Å²) >= 11 is 0. The first kappa shape index (κ1) is 38.4. The predicted octanol–water partition coefficient (Wildman–Crippen LogP) is 10.2. The smallest absolute Gasteiger partial charge is 0.417 e. The zero-order valence-electron chi connectivity index (χ0n) is 27.8. The van der Waals surface area contributed by atoms with E-state index in [9.17, 15) is 53.5 Å². The SMILES string of the molecule is COc1cc(C(F)(F)F)c(-c2cnc(C(=O)O)c(F)c2)cc1C1=C(CN2C(=O)O[C@H](c3cc(C(F)(F)F)cc(C(F)(F)F)c3)[C@@H]2C)CC(C)(C)CC1. The summed E-state index contributed by atoms with van der Waals surface area (Å²) in [5, 5.41) is 9.16. The normalized spacial score (nSPS) is 19.6. The van der Waals surface area contributed by atoms with E-state index in [-0.39, 0.29) is 36.8 Å². The van der Waals surface area contributed by atoms with Gasteiger partial charge in [0.15, 0.2) is 11.5 Å². The molecule has 280 valence electrons. The molecule has 0 radical (unpaired) electrons. The van der Waals surface area contributed by atoms with Crippen molar-refractivity contribution in [3.63, 3.8) is 0 Å². The summed E-state index contributed by atoms with van der Waals surface area (Å²) in [4.78, 5) is 29.1. The molecule has 7 nitrogen and oxygen atoms in total. The maximum atomic E-state index is 14.7. The Balaban J connectivity index is 1.62. The highest BCUT2D eigenvalue weighted by molar-refractivity contribution is 5.87. The fourth-order valence-corrected chi connectivity index (χ4v) is 6.60. The Bertz CT molecular complexity index is 1920. The van der Waals surface area contributed by atoms with E-state index in [1.54, 1.807) is 0 Å². The number of benzene rings is 2. The van der Waals surface area contributed by atoms with Crippen molar-refractivity contribution in [2.45, 2.75) is 70.7 Å². The minimum absolute atomic E-state index is 0.0411. The number of halogens is 10. The topological polar surface area (TPSA) is 89.0 Å². The minimum atomic E-state index is -5.14. The van der Waals surface area contributed by atoms with Crippen LogP contribution in [0.2, 0.25) is 0 Å². The van der Waals surface area contributed by atoms with Crippen LogP contribution in [0.25, 0.3) is 16.7 Å². The number of hydrogen-bond donors (Lipinski definition) is 1. The second kappa shape index (κ2) is 13.3. The zero-order valence-corrected chi connectivity index (χ0v) is 27.8. The van der Waals surface area contributed by atoms with Crippen LogP contribution in [0.3, 0.4) is 0 Å². The highest BCUT2D eigenvalue weighted by atomic mass is 19.4. The van der Waals surface area contributed by atoms with E-state index in [0.29, 0.717) is 41.8 Å². The molecule has 1 amide bonds. The summed E-state index contributed by atoms with van der Waals surface area (Å²) in [5.74, 6) is -3.35. The molecule has 1 aromatic heterocycles. The Labute approximate surface area is 289 Å². The predicted molar refractivity (Wildman–Crippen MR) is 165 cm³/mol. The van der Waals surface area contributed by atoms with Gasteiger partial charge in [-0.1, -0.05) is 13.8 Å². The largest absolute Gasteiger partial charge is 0.496 e.